The lowest BCUT2D eigenvalue weighted by atomic mass is 10.2. The third kappa shape index (κ3) is 3.43. The lowest BCUT2D eigenvalue weighted by Gasteiger charge is -2.11. The molecule has 0 saturated carbocycles. The Morgan fingerprint density at radius 3 is 2.72 bits per heavy atom. The van der Waals surface area contributed by atoms with Crippen molar-refractivity contribution in [2.45, 2.75) is 6.42 Å². The first-order valence-corrected chi connectivity index (χ1v) is 6.92. The van der Waals surface area contributed by atoms with Crippen LogP contribution in [0.2, 0.25) is 0 Å². The molecule has 0 amide bonds. The number of thioether (sulfide) groups is 1. The van der Waals surface area contributed by atoms with Crippen molar-refractivity contribution < 1.29 is 9.53 Å². The zero-order valence-corrected chi connectivity index (χ0v) is 11.0. The highest BCUT2D eigenvalue weighted by molar-refractivity contribution is 7.99. The monoisotopic (exact) mass is 264 g/mol. The van der Waals surface area contributed by atoms with Gasteiger partial charge in [0.15, 0.2) is 5.78 Å². The Hall–Kier alpha value is -1.62. The van der Waals surface area contributed by atoms with Crippen LogP contribution in [0.5, 0.6) is 5.75 Å². The lowest BCUT2D eigenvalue weighted by Crippen LogP contribution is -2.26. The third-order valence-corrected chi connectivity index (χ3v) is 3.51. The number of methoxy groups -OCH3 is 1. The van der Waals surface area contributed by atoms with Crippen LogP contribution in [0.3, 0.4) is 0 Å². The molecule has 0 fully saturated rings. The van der Waals surface area contributed by atoms with Gasteiger partial charge in [-0.1, -0.05) is 0 Å². The fourth-order valence-corrected chi connectivity index (χ4v) is 2.35. The second-order valence-electron chi connectivity index (χ2n) is 3.84. The number of Topliss-reactive ketones (excluding diaryl/α,β-unsaturated/α-hetero) is 1. The van der Waals surface area contributed by atoms with Crippen molar-refractivity contribution in [2.75, 3.05) is 24.0 Å². The van der Waals surface area contributed by atoms with E-state index in [0.29, 0.717) is 12.1 Å². The number of benzene rings is 1. The van der Waals surface area contributed by atoms with Crippen LogP contribution in [0.25, 0.3) is 0 Å². The highest BCUT2D eigenvalue weighted by atomic mass is 32.2. The second kappa shape index (κ2) is 6.35. The third-order valence-electron chi connectivity index (χ3n) is 2.61. The number of ketones is 1. The van der Waals surface area contributed by atoms with Crippen LogP contribution in [0.4, 0.5) is 5.69 Å². The van der Waals surface area contributed by atoms with Gasteiger partial charge in [0.25, 0.3) is 0 Å². The SMILES string of the molecule is COc1ccc(NNC2=CCSCCC2=O)cc1. The van der Waals surface area contributed by atoms with E-state index in [1.165, 1.54) is 0 Å². The minimum absolute atomic E-state index is 0.154. The van der Waals surface area contributed by atoms with E-state index in [-0.39, 0.29) is 5.78 Å². The topological polar surface area (TPSA) is 50.4 Å². The fourth-order valence-electron chi connectivity index (χ4n) is 1.57. The maximum atomic E-state index is 11.7. The molecule has 2 rings (SSSR count). The van der Waals surface area contributed by atoms with Gasteiger partial charge < -0.3 is 10.2 Å². The van der Waals surface area contributed by atoms with Gasteiger partial charge in [0.05, 0.1) is 18.5 Å². The van der Waals surface area contributed by atoms with Gasteiger partial charge in [-0.2, -0.15) is 11.8 Å². The van der Waals surface area contributed by atoms with Crippen LogP contribution < -0.4 is 15.6 Å². The average molecular weight is 264 g/mol. The summed E-state index contributed by atoms with van der Waals surface area (Å²) in [5.41, 5.74) is 7.53. The molecule has 0 aromatic heterocycles. The van der Waals surface area contributed by atoms with Gasteiger partial charge in [0.1, 0.15) is 5.75 Å². The normalized spacial score (nSPS) is 15.6. The molecule has 0 unspecified atom stereocenters. The zero-order chi connectivity index (χ0) is 12.8. The first-order valence-electron chi connectivity index (χ1n) is 5.77. The molecule has 1 aliphatic heterocycles. The smallest absolute Gasteiger partial charge is 0.180 e. The predicted octanol–water partition coefficient (Wildman–Crippen LogP) is 2.20. The van der Waals surface area contributed by atoms with Crippen molar-refractivity contribution >= 4 is 23.2 Å². The van der Waals surface area contributed by atoms with E-state index in [1.54, 1.807) is 18.9 Å². The van der Waals surface area contributed by atoms with Crippen molar-refractivity contribution in [2.24, 2.45) is 0 Å². The molecular formula is C13H16N2O2S. The summed E-state index contributed by atoms with van der Waals surface area (Å²) in [5, 5.41) is 0. The highest BCUT2D eigenvalue weighted by Gasteiger charge is 2.11. The van der Waals surface area contributed by atoms with Gasteiger partial charge in [0.2, 0.25) is 0 Å². The summed E-state index contributed by atoms with van der Waals surface area (Å²) in [6, 6.07) is 7.51. The van der Waals surface area contributed by atoms with E-state index in [0.717, 1.165) is 22.9 Å². The van der Waals surface area contributed by atoms with Crippen molar-refractivity contribution in [1.29, 1.82) is 0 Å². The van der Waals surface area contributed by atoms with Crippen molar-refractivity contribution in [3.63, 3.8) is 0 Å². The van der Waals surface area contributed by atoms with Crippen LogP contribution in [-0.4, -0.2) is 24.4 Å². The molecule has 2 N–H and O–H groups in total. The molecule has 4 nitrogen and oxygen atoms in total. The summed E-state index contributed by atoms with van der Waals surface area (Å²) in [6.45, 7) is 0. The zero-order valence-electron chi connectivity index (χ0n) is 10.2. The molecule has 1 heterocycles. The molecule has 0 aliphatic carbocycles. The maximum absolute atomic E-state index is 11.7. The van der Waals surface area contributed by atoms with Gasteiger partial charge >= 0.3 is 0 Å². The van der Waals surface area contributed by atoms with Gasteiger partial charge in [-0.3, -0.25) is 10.2 Å². The van der Waals surface area contributed by atoms with E-state index in [1.807, 2.05) is 30.3 Å². The number of carbonyl (C=O) groups excluding carboxylic acids is 1. The van der Waals surface area contributed by atoms with Crippen molar-refractivity contribution in [1.82, 2.24) is 5.43 Å². The van der Waals surface area contributed by atoms with Crippen molar-refractivity contribution in [3.05, 3.63) is 36.0 Å². The summed E-state index contributed by atoms with van der Waals surface area (Å²) in [6.07, 6.45) is 2.52. The number of hydrogen-bond acceptors (Lipinski definition) is 5. The molecule has 1 aromatic rings. The Morgan fingerprint density at radius 2 is 2.00 bits per heavy atom. The molecule has 0 saturated heterocycles. The van der Waals surface area contributed by atoms with Crippen LogP contribution in [-0.2, 0) is 4.79 Å². The number of ether oxygens (including phenoxy) is 1. The Kier molecular flexibility index (Phi) is 4.52. The minimum atomic E-state index is 0.154. The molecule has 1 aliphatic rings. The molecule has 0 radical (unpaired) electrons. The van der Waals surface area contributed by atoms with Crippen LogP contribution >= 0.6 is 11.8 Å². The molecule has 18 heavy (non-hydrogen) atoms. The Labute approximate surface area is 111 Å². The molecule has 5 heteroatoms. The fraction of sp³-hybridized carbons (Fsp3) is 0.308. The number of allylic oxidation sites excluding steroid dienone is 1. The summed E-state index contributed by atoms with van der Waals surface area (Å²) in [5.74, 6) is 2.73. The second-order valence-corrected chi connectivity index (χ2v) is 4.99. The maximum Gasteiger partial charge on any atom is 0.180 e. The van der Waals surface area contributed by atoms with Crippen LogP contribution in [0.15, 0.2) is 36.0 Å². The van der Waals surface area contributed by atoms with E-state index in [4.69, 9.17) is 4.74 Å². The molecule has 0 atom stereocenters. The van der Waals surface area contributed by atoms with E-state index in [9.17, 15) is 4.79 Å². The van der Waals surface area contributed by atoms with E-state index in [2.05, 4.69) is 10.9 Å². The minimum Gasteiger partial charge on any atom is -0.497 e. The standard InChI is InChI=1S/C13H16N2O2S/c1-17-11-4-2-10(3-5-11)14-15-12-6-8-18-9-7-13(12)16/h2-6,14-15H,7-9H2,1H3. The molecule has 0 bridgehead atoms. The van der Waals surface area contributed by atoms with Crippen LogP contribution in [0.1, 0.15) is 6.42 Å². The van der Waals surface area contributed by atoms with E-state index < -0.39 is 0 Å². The van der Waals surface area contributed by atoms with Gasteiger partial charge in [-0.15, -0.1) is 0 Å². The van der Waals surface area contributed by atoms with Gasteiger partial charge in [-0.05, 0) is 30.3 Å². The quantitative estimate of drug-likeness (QED) is 0.817. The van der Waals surface area contributed by atoms with Gasteiger partial charge in [-0.25, -0.2) is 0 Å². The van der Waals surface area contributed by atoms with Crippen LogP contribution in [0, 0.1) is 0 Å². The lowest BCUT2D eigenvalue weighted by molar-refractivity contribution is -0.115. The molecule has 1 aromatic carbocycles. The Balaban J connectivity index is 1.93. The first kappa shape index (κ1) is 12.8. The number of carbonyl (C=O) groups is 1. The summed E-state index contributed by atoms with van der Waals surface area (Å²) in [7, 11) is 1.63. The largest absolute Gasteiger partial charge is 0.497 e. The van der Waals surface area contributed by atoms with Gasteiger partial charge in [0, 0.05) is 17.9 Å². The highest BCUT2D eigenvalue weighted by Crippen LogP contribution is 2.15. The van der Waals surface area contributed by atoms with Crippen molar-refractivity contribution in [3.8, 4) is 5.75 Å². The average Bonchev–Trinajstić information content (AvgIpc) is 2.62. The number of nitrogens with one attached hydrogen (secondary N) is 2. The summed E-state index contributed by atoms with van der Waals surface area (Å²) < 4.78 is 5.08. The summed E-state index contributed by atoms with van der Waals surface area (Å²) >= 11 is 1.77. The molecular weight excluding hydrogens is 248 g/mol. The number of hydrogen-bond donors (Lipinski definition) is 2. The number of hydrazine groups is 1. The van der Waals surface area contributed by atoms with E-state index >= 15 is 0 Å². The predicted molar refractivity (Wildman–Crippen MR) is 74.8 cm³/mol. The number of anilines is 1. The first-order chi connectivity index (χ1) is 8.79. The summed E-state index contributed by atoms with van der Waals surface area (Å²) in [4.78, 5) is 11.7. The molecule has 96 valence electrons. The number of rotatable bonds is 4. The molecule has 0 spiro atoms. The Bertz CT molecular complexity index is 443. The Morgan fingerprint density at radius 1 is 1.22 bits per heavy atom.